The molecule has 1 atom stereocenters. The number of piperidine rings is 1. The zero-order valence-electron chi connectivity index (χ0n) is 22.0. The number of fused-ring (bicyclic) bond motifs is 1. The van der Waals surface area contributed by atoms with Crippen LogP contribution in [-0.2, 0) is 17.8 Å². The van der Waals surface area contributed by atoms with E-state index in [0.717, 1.165) is 10.4 Å². The Hall–Kier alpha value is -3.80. The number of carbonyl (C=O) groups excluding carboxylic acids is 1. The number of hydrogen-bond donors (Lipinski definition) is 0. The molecule has 0 saturated carbocycles. The topological polar surface area (TPSA) is 117 Å². The van der Waals surface area contributed by atoms with E-state index in [4.69, 9.17) is 4.74 Å². The number of likely N-dealkylation sites (tertiary alicyclic amines) is 1. The molecule has 1 fully saturated rings. The van der Waals surface area contributed by atoms with Gasteiger partial charge in [0.25, 0.3) is 5.56 Å². The Morgan fingerprint density at radius 1 is 1.18 bits per heavy atom. The van der Waals surface area contributed by atoms with Gasteiger partial charge in [0, 0.05) is 18.0 Å². The second kappa shape index (κ2) is 10.2. The fourth-order valence-corrected chi connectivity index (χ4v) is 5.76. The summed E-state index contributed by atoms with van der Waals surface area (Å²) in [7, 11) is 0. The number of nitrogens with zero attached hydrogens (tertiary/aromatic N) is 7. The average Bonchev–Trinajstić information content (AvgIpc) is 3.54. The van der Waals surface area contributed by atoms with Gasteiger partial charge in [0.15, 0.2) is 5.82 Å². The number of rotatable bonds is 5. The first-order chi connectivity index (χ1) is 18.1. The monoisotopic (exact) mass is 537 g/mol. The molecule has 38 heavy (non-hydrogen) atoms. The predicted octanol–water partition coefficient (Wildman–Crippen LogP) is 3.52. The highest BCUT2D eigenvalue weighted by atomic mass is 32.1. The van der Waals surface area contributed by atoms with Crippen molar-refractivity contribution in [3.8, 4) is 10.4 Å². The minimum Gasteiger partial charge on any atom is -0.444 e. The molecule has 5 rings (SSSR count). The fourth-order valence-electron chi connectivity index (χ4n) is 4.66. The normalized spacial score (nSPS) is 16.2. The van der Waals surface area contributed by atoms with E-state index in [2.05, 4.69) is 15.4 Å². The number of carbonyl (C=O) groups is 1. The van der Waals surface area contributed by atoms with E-state index in [-0.39, 0.29) is 18.6 Å². The van der Waals surface area contributed by atoms with Gasteiger partial charge in [0.05, 0.1) is 24.6 Å². The van der Waals surface area contributed by atoms with Crippen molar-refractivity contribution in [3.63, 3.8) is 0 Å². The van der Waals surface area contributed by atoms with Gasteiger partial charge in [0.1, 0.15) is 10.3 Å². The van der Waals surface area contributed by atoms with Crippen LogP contribution in [-0.4, -0.2) is 59.0 Å². The van der Waals surface area contributed by atoms with Crippen LogP contribution < -0.4 is 11.2 Å². The molecule has 1 saturated heterocycles. The van der Waals surface area contributed by atoms with E-state index in [1.165, 1.54) is 20.7 Å². The fraction of sp³-hybridized carbons (Fsp3) is 0.462. The molecule has 11 nitrogen and oxygen atoms in total. The van der Waals surface area contributed by atoms with Crippen LogP contribution in [0.1, 0.15) is 52.4 Å². The molecule has 0 aliphatic carbocycles. The van der Waals surface area contributed by atoms with Crippen LogP contribution in [0.4, 0.5) is 4.79 Å². The minimum absolute atomic E-state index is 0.0725. The van der Waals surface area contributed by atoms with E-state index in [9.17, 15) is 14.4 Å². The van der Waals surface area contributed by atoms with Crippen molar-refractivity contribution in [2.24, 2.45) is 0 Å². The molecule has 0 bridgehead atoms. The van der Waals surface area contributed by atoms with Crippen molar-refractivity contribution >= 4 is 27.6 Å². The Balaban J connectivity index is 1.61. The minimum atomic E-state index is -0.639. The van der Waals surface area contributed by atoms with Gasteiger partial charge in [-0.2, -0.15) is 4.80 Å². The second-order valence-electron chi connectivity index (χ2n) is 10.4. The first kappa shape index (κ1) is 25.8. The van der Waals surface area contributed by atoms with Crippen LogP contribution in [0.3, 0.4) is 0 Å². The smallest absolute Gasteiger partial charge is 0.410 e. The van der Waals surface area contributed by atoms with Crippen molar-refractivity contribution in [2.75, 3.05) is 13.1 Å². The Bertz CT molecular complexity index is 1580. The zero-order valence-corrected chi connectivity index (χ0v) is 22.8. The molecule has 4 heterocycles. The molecule has 1 aliphatic heterocycles. The highest BCUT2D eigenvalue weighted by Gasteiger charge is 2.31. The lowest BCUT2D eigenvalue weighted by atomic mass is 10.1. The maximum atomic E-state index is 13.9. The first-order valence-electron chi connectivity index (χ1n) is 12.7. The lowest BCUT2D eigenvalue weighted by molar-refractivity contribution is 0.0169. The molecular formula is C26H31N7O4S. The summed E-state index contributed by atoms with van der Waals surface area (Å²) < 4.78 is 8.87. The average molecular weight is 538 g/mol. The third kappa shape index (κ3) is 5.13. The van der Waals surface area contributed by atoms with Gasteiger partial charge in [-0.05, 0) is 57.4 Å². The van der Waals surface area contributed by atoms with Gasteiger partial charge in [-0.3, -0.25) is 13.9 Å². The second-order valence-corrected chi connectivity index (χ2v) is 11.4. The molecule has 200 valence electrons. The van der Waals surface area contributed by atoms with E-state index < -0.39 is 23.4 Å². The van der Waals surface area contributed by atoms with Gasteiger partial charge < -0.3 is 9.64 Å². The number of benzene rings is 1. The van der Waals surface area contributed by atoms with Crippen LogP contribution in [0, 0.1) is 0 Å². The number of ether oxygens (including phenoxy) is 1. The molecule has 4 aromatic rings. The maximum Gasteiger partial charge on any atom is 0.410 e. The number of amides is 1. The van der Waals surface area contributed by atoms with Gasteiger partial charge in [0.2, 0.25) is 0 Å². The molecule has 0 spiro atoms. The van der Waals surface area contributed by atoms with Crippen molar-refractivity contribution in [3.05, 3.63) is 63.1 Å². The van der Waals surface area contributed by atoms with Gasteiger partial charge >= 0.3 is 11.8 Å². The standard InChI is InChI=1S/C26H31N7O4S/c1-5-32-28-21(27-29-32)16-31-19-14-20(17-10-7-6-8-11-17)38-22(19)23(34)33(24(31)35)18-12-9-13-30(15-18)25(36)37-26(2,3)4/h6-8,10-11,14,18H,5,9,12-13,15-16H2,1-4H3. The van der Waals surface area contributed by atoms with Gasteiger partial charge in [-0.25, -0.2) is 9.59 Å². The molecule has 1 aliphatic rings. The Morgan fingerprint density at radius 3 is 2.63 bits per heavy atom. The molecule has 3 aromatic heterocycles. The van der Waals surface area contributed by atoms with E-state index in [1.54, 1.807) is 9.47 Å². The summed E-state index contributed by atoms with van der Waals surface area (Å²) in [5, 5.41) is 12.5. The summed E-state index contributed by atoms with van der Waals surface area (Å²) in [5.41, 5.74) is 0.0499. The number of aryl methyl sites for hydroxylation is 1. The van der Waals surface area contributed by atoms with Crippen LogP contribution in [0.5, 0.6) is 0 Å². The Morgan fingerprint density at radius 2 is 1.95 bits per heavy atom. The van der Waals surface area contributed by atoms with Gasteiger partial charge in [-0.1, -0.05) is 30.3 Å². The highest BCUT2D eigenvalue weighted by Crippen LogP contribution is 2.32. The molecule has 0 N–H and O–H groups in total. The SMILES string of the molecule is CCn1nnc(Cn2c(=O)n(C3CCCN(C(=O)OC(C)(C)C)C3)c(=O)c3sc(-c4ccccc4)cc32)n1. The molecule has 0 radical (unpaired) electrons. The third-order valence-corrected chi connectivity index (χ3v) is 7.56. The molecule has 12 heteroatoms. The summed E-state index contributed by atoms with van der Waals surface area (Å²) in [5.74, 6) is 0.381. The van der Waals surface area contributed by atoms with Crippen LogP contribution in [0.15, 0.2) is 46.0 Å². The first-order valence-corrected chi connectivity index (χ1v) is 13.5. The van der Waals surface area contributed by atoms with Gasteiger partial charge in [-0.15, -0.1) is 21.5 Å². The lowest BCUT2D eigenvalue weighted by Crippen LogP contribution is -2.49. The number of hydrogen-bond acceptors (Lipinski definition) is 8. The van der Waals surface area contributed by atoms with E-state index in [1.807, 2.05) is 64.1 Å². The zero-order chi connectivity index (χ0) is 27.0. The van der Waals surface area contributed by atoms with E-state index in [0.29, 0.717) is 42.0 Å². The third-order valence-electron chi connectivity index (χ3n) is 6.40. The summed E-state index contributed by atoms with van der Waals surface area (Å²) in [4.78, 5) is 44.5. The number of aromatic nitrogens is 6. The number of tetrazole rings is 1. The van der Waals surface area contributed by atoms with E-state index >= 15 is 0 Å². The van der Waals surface area contributed by atoms with Crippen molar-refractivity contribution in [1.29, 1.82) is 0 Å². The quantitative estimate of drug-likeness (QED) is 0.382. The summed E-state index contributed by atoms with van der Waals surface area (Å²) in [6.45, 7) is 8.70. The van der Waals surface area contributed by atoms with Crippen molar-refractivity contribution < 1.29 is 9.53 Å². The summed E-state index contributed by atoms with van der Waals surface area (Å²) >= 11 is 1.35. The largest absolute Gasteiger partial charge is 0.444 e. The Labute approximate surface area is 223 Å². The number of thiophene rings is 1. The van der Waals surface area contributed by atoms with Crippen molar-refractivity contribution in [1.82, 2.24) is 34.2 Å². The van der Waals surface area contributed by atoms with Crippen LogP contribution >= 0.6 is 11.3 Å². The molecule has 1 aromatic carbocycles. The molecule has 1 amide bonds. The van der Waals surface area contributed by atoms with Crippen molar-refractivity contribution in [2.45, 2.75) is 65.3 Å². The Kier molecular flexibility index (Phi) is 6.91. The summed E-state index contributed by atoms with van der Waals surface area (Å²) in [6, 6.07) is 11.1. The lowest BCUT2D eigenvalue weighted by Gasteiger charge is -2.34. The highest BCUT2D eigenvalue weighted by molar-refractivity contribution is 7.22. The summed E-state index contributed by atoms with van der Waals surface area (Å²) in [6.07, 6.45) is 0.806. The predicted molar refractivity (Wildman–Crippen MR) is 144 cm³/mol. The molecular weight excluding hydrogens is 506 g/mol. The maximum absolute atomic E-state index is 13.9. The van der Waals surface area contributed by atoms with Crippen LogP contribution in [0.25, 0.3) is 20.7 Å². The van der Waals surface area contributed by atoms with Crippen LogP contribution in [0.2, 0.25) is 0 Å². The molecule has 1 unspecified atom stereocenters.